The number of non-ortho nitro benzene ring substituents is 1. The highest BCUT2D eigenvalue weighted by atomic mass is 16.6. The van der Waals surface area contributed by atoms with E-state index in [0.29, 0.717) is 0 Å². The molecule has 1 rings (SSSR count). The summed E-state index contributed by atoms with van der Waals surface area (Å²) in [5.74, 6) is -0.463. The molecule has 0 spiro atoms. The largest absolute Gasteiger partial charge is 0.392 e. The zero-order valence-corrected chi connectivity index (χ0v) is 9.87. The molecule has 1 aromatic rings. The molecule has 0 bridgehead atoms. The van der Waals surface area contributed by atoms with Gasteiger partial charge in [-0.25, -0.2) is 0 Å². The number of rotatable bonds is 5. The van der Waals surface area contributed by atoms with Crippen LogP contribution in [-0.2, 0) is 0 Å². The molecule has 0 heterocycles. The van der Waals surface area contributed by atoms with Crippen LogP contribution >= 0.6 is 0 Å². The van der Waals surface area contributed by atoms with Gasteiger partial charge in [0.05, 0.1) is 11.0 Å². The van der Waals surface area contributed by atoms with Crippen molar-refractivity contribution < 1.29 is 14.8 Å². The van der Waals surface area contributed by atoms with Crippen LogP contribution in [0, 0.1) is 10.1 Å². The van der Waals surface area contributed by atoms with Gasteiger partial charge < -0.3 is 16.2 Å². The van der Waals surface area contributed by atoms with Crippen LogP contribution in [0.2, 0.25) is 0 Å². The molecule has 1 aromatic carbocycles. The third-order valence-electron chi connectivity index (χ3n) is 2.44. The summed E-state index contributed by atoms with van der Waals surface area (Å²) >= 11 is 0. The minimum absolute atomic E-state index is 0.0964. The van der Waals surface area contributed by atoms with E-state index in [9.17, 15) is 14.9 Å². The van der Waals surface area contributed by atoms with Crippen molar-refractivity contribution in [2.75, 3.05) is 6.54 Å². The third-order valence-corrected chi connectivity index (χ3v) is 2.44. The van der Waals surface area contributed by atoms with Crippen molar-refractivity contribution in [3.63, 3.8) is 0 Å². The Hall–Kier alpha value is -1.99. The molecular formula is C11H15N3O4. The Morgan fingerprint density at radius 1 is 1.61 bits per heavy atom. The van der Waals surface area contributed by atoms with Gasteiger partial charge in [-0.1, -0.05) is 6.07 Å². The monoisotopic (exact) mass is 253 g/mol. The molecule has 2 unspecified atom stereocenters. The molecule has 4 N–H and O–H groups in total. The number of hydrogen-bond acceptors (Lipinski definition) is 5. The predicted octanol–water partition coefficient (Wildman–Crippen LogP) is 0.0327. The first-order valence-corrected chi connectivity index (χ1v) is 5.38. The standard InChI is InChI=1S/C11H15N3O4/c1-7(15)10(12)6-13-11(16)8-3-2-4-9(5-8)14(17)18/h2-5,7,10,15H,6,12H2,1H3,(H,13,16). The van der Waals surface area contributed by atoms with Gasteiger partial charge >= 0.3 is 0 Å². The second-order valence-corrected chi connectivity index (χ2v) is 3.92. The molecule has 1 amide bonds. The summed E-state index contributed by atoms with van der Waals surface area (Å²) in [6.07, 6.45) is -0.740. The molecule has 18 heavy (non-hydrogen) atoms. The van der Waals surface area contributed by atoms with Crippen molar-refractivity contribution in [2.24, 2.45) is 5.73 Å². The summed E-state index contributed by atoms with van der Waals surface area (Å²) < 4.78 is 0. The van der Waals surface area contributed by atoms with E-state index in [4.69, 9.17) is 10.8 Å². The van der Waals surface area contributed by atoms with Crippen molar-refractivity contribution in [3.8, 4) is 0 Å². The summed E-state index contributed by atoms with van der Waals surface area (Å²) in [6, 6.07) is 4.81. The Kier molecular flexibility index (Phi) is 4.75. The van der Waals surface area contributed by atoms with Crippen LogP contribution in [-0.4, -0.2) is 34.6 Å². The SMILES string of the molecule is CC(O)C(N)CNC(=O)c1cccc([N+](=O)[O-])c1. The van der Waals surface area contributed by atoms with Gasteiger partial charge in [0.1, 0.15) is 0 Å². The lowest BCUT2D eigenvalue weighted by Gasteiger charge is -2.15. The summed E-state index contributed by atoms with van der Waals surface area (Å²) in [7, 11) is 0. The van der Waals surface area contributed by atoms with Crippen molar-refractivity contribution in [2.45, 2.75) is 19.1 Å². The fourth-order valence-corrected chi connectivity index (χ4v) is 1.24. The Morgan fingerprint density at radius 3 is 2.83 bits per heavy atom. The maximum atomic E-state index is 11.7. The van der Waals surface area contributed by atoms with Crippen molar-refractivity contribution in [1.82, 2.24) is 5.32 Å². The zero-order chi connectivity index (χ0) is 13.7. The number of nitro benzene ring substituents is 1. The van der Waals surface area contributed by atoms with Crippen LogP contribution in [0.1, 0.15) is 17.3 Å². The van der Waals surface area contributed by atoms with Crippen LogP contribution < -0.4 is 11.1 Å². The highest BCUT2D eigenvalue weighted by molar-refractivity contribution is 5.94. The average molecular weight is 253 g/mol. The number of benzene rings is 1. The minimum Gasteiger partial charge on any atom is -0.392 e. The topological polar surface area (TPSA) is 118 Å². The molecule has 0 aliphatic heterocycles. The first kappa shape index (κ1) is 14.1. The molecule has 7 nitrogen and oxygen atoms in total. The molecule has 2 atom stereocenters. The van der Waals surface area contributed by atoms with Crippen LogP contribution in [0.4, 0.5) is 5.69 Å². The summed E-state index contributed by atoms with van der Waals surface area (Å²) in [4.78, 5) is 21.7. The van der Waals surface area contributed by atoms with Gasteiger partial charge in [-0.2, -0.15) is 0 Å². The minimum atomic E-state index is -0.740. The lowest BCUT2D eigenvalue weighted by atomic mass is 10.1. The van der Waals surface area contributed by atoms with Crippen LogP contribution in [0.5, 0.6) is 0 Å². The molecule has 0 fully saturated rings. The molecule has 0 aliphatic rings. The molecule has 0 aliphatic carbocycles. The van der Waals surface area contributed by atoms with Gasteiger partial charge in [-0.3, -0.25) is 14.9 Å². The van der Waals surface area contributed by atoms with Gasteiger partial charge in [-0.05, 0) is 13.0 Å². The quantitative estimate of drug-likeness (QED) is 0.505. The first-order chi connectivity index (χ1) is 8.41. The number of hydrogen-bond donors (Lipinski definition) is 3. The number of aliphatic hydroxyl groups excluding tert-OH is 1. The number of nitrogens with zero attached hydrogens (tertiary/aromatic N) is 1. The molecule has 0 radical (unpaired) electrons. The smallest absolute Gasteiger partial charge is 0.270 e. The van der Waals surface area contributed by atoms with E-state index in [1.54, 1.807) is 0 Å². The second-order valence-electron chi connectivity index (χ2n) is 3.92. The number of carbonyl (C=O) groups is 1. The summed E-state index contributed by atoms with van der Waals surface area (Å²) in [6.45, 7) is 1.61. The van der Waals surface area contributed by atoms with Crippen LogP contribution in [0.3, 0.4) is 0 Å². The highest BCUT2D eigenvalue weighted by Gasteiger charge is 2.14. The molecule has 98 valence electrons. The third kappa shape index (κ3) is 3.79. The average Bonchev–Trinajstić information content (AvgIpc) is 2.35. The lowest BCUT2D eigenvalue weighted by molar-refractivity contribution is -0.384. The Morgan fingerprint density at radius 2 is 2.28 bits per heavy atom. The second kappa shape index (κ2) is 6.08. The van der Waals surface area contributed by atoms with Crippen molar-refractivity contribution in [3.05, 3.63) is 39.9 Å². The van der Waals surface area contributed by atoms with E-state index in [-0.39, 0.29) is 17.8 Å². The van der Waals surface area contributed by atoms with Gasteiger partial charge in [0, 0.05) is 30.3 Å². The number of nitro groups is 1. The normalized spacial score (nSPS) is 13.7. The molecule has 0 saturated carbocycles. The molecular weight excluding hydrogens is 238 g/mol. The molecule has 7 heteroatoms. The van der Waals surface area contributed by atoms with Gasteiger partial charge in [0.25, 0.3) is 11.6 Å². The predicted molar refractivity (Wildman–Crippen MR) is 65.1 cm³/mol. The van der Waals surface area contributed by atoms with E-state index < -0.39 is 23.0 Å². The van der Waals surface area contributed by atoms with E-state index in [0.717, 1.165) is 0 Å². The number of carbonyl (C=O) groups excluding carboxylic acids is 1. The van der Waals surface area contributed by atoms with Crippen molar-refractivity contribution in [1.29, 1.82) is 0 Å². The summed E-state index contributed by atoms with van der Waals surface area (Å²) in [5, 5.41) is 22.2. The van der Waals surface area contributed by atoms with Crippen LogP contribution in [0.15, 0.2) is 24.3 Å². The van der Waals surface area contributed by atoms with Gasteiger partial charge in [-0.15, -0.1) is 0 Å². The first-order valence-electron chi connectivity index (χ1n) is 5.38. The van der Waals surface area contributed by atoms with Crippen molar-refractivity contribution >= 4 is 11.6 Å². The maximum Gasteiger partial charge on any atom is 0.270 e. The van der Waals surface area contributed by atoms with E-state index in [1.165, 1.54) is 31.2 Å². The molecule has 0 aromatic heterocycles. The summed E-state index contributed by atoms with van der Waals surface area (Å²) in [5.41, 5.74) is 5.58. The molecule has 0 saturated heterocycles. The number of nitrogens with one attached hydrogen (secondary N) is 1. The van der Waals surface area contributed by atoms with E-state index >= 15 is 0 Å². The lowest BCUT2D eigenvalue weighted by Crippen LogP contribution is -2.43. The Labute approximate surface area is 104 Å². The maximum absolute atomic E-state index is 11.7. The highest BCUT2D eigenvalue weighted by Crippen LogP contribution is 2.12. The fourth-order valence-electron chi connectivity index (χ4n) is 1.24. The number of nitrogens with two attached hydrogens (primary N) is 1. The van der Waals surface area contributed by atoms with Gasteiger partial charge in [0.2, 0.25) is 0 Å². The fraction of sp³-hybridized carbons (Fsp3) is 0.364. The zero-order valence-electron chi connectivity index (χ0n) is 9.87. The van der Waals surface area contributed by atoms with E-state index in [2.05, 4.69) is 5.32 Å². The Balaban J connectivity index is 2.67. The van der Waals surface area contributed by atoms with E-state index in [1.807, 2.05) is 0 Å². The number of amides is 1. The van der Waals surface area contributed by atoms with Gasteiger partial charge in [0.15, 0.2) is 0 Å². The number of aliphatic hydroxyl groups is 1. The Bertz CT molecular complexity index is 448. The van der Waals surface area contributed by atoms with Crippen LogP contribution in [0.25, 0.3) is 0 Å².